The number of para-hydroxylation sites is 1. The number of fused-ring (bicyclic) bond motifs is 1. The number of aliphatic carboxylic acids is 1. The van der Waals surface area contributed by atoms with Gasteiger partial charge in [0.2, 0.25) is 23.6 Å². The molecule has 15 nitrogen and oxygen atoms in total. The fraction of sp³-hybridized carbons (Fsp3) is 0.417. The molecule has 0 aliphatic carbocycles. The maximum Gasteiger partial charge on any atom is 0.326 e. The summed E-state index contributed by atoms with van der Waals surface area (Å²) in [6.07, 6.45) is 1.69. The number of carboxylic acids is 1. The Kier molecular flexibility index (Phi) is 11.2. The van der Waals surface area contributed by atoms with E-state index < -0.39 is 60.2 Å². The van der Waals surface area contributed by atoms with Gasteiger partial charge in [0.15, 0.2) is 5.96 Å². The van der Waals surface area contributed by atoms with Crippen molar-refractivity contribution in [3.63, 3.8) is 0 Å². The molecule has 0 bridgehead atoms. The van der Waals surface area contributed by atoms with Gasteiger partial charge in [0, 0.05) is 30.1 Å². The summed E-state index contributed by atoms with van der Waals surface area (Å²) in [4.78, 5) is 68.1. The average Bonchev–Trinajstić information content (AvgIpc) is 3.27. The molecule has 15 heteroatoms. The van der Waals surface area contributed by atoms with Crippen molar-refractivity contribution in [1.29, 1.82) is 0 Å². The number of carbonyl (C=O) groups excluding carboxylic acids is 4. The number of carbonyl (C=O) groups is 5. The zero-order valence-electron chi connectivity index (χ0n) is 21.5. The monoisotopic (exact) mass is 545 g/mol. The van der Waals surface area contributed by atoms with Crippen LogP contribution in [0.2, 0.25) is 0 Å². The van der Waals surface area contributed by atoms with Crippen LogP contribution in [0.1, 0.15) is 31.7 Å². The van der Waals surface area contributed by atoms with E-state index in [0.717, 1.165) is 10.9 Å². The number of carboxylic acid groups (broad SMARTS) is 1. The van der Waals surface area contributed by atoms with E-state index in [1.165, 1.54) is 6.92 Å². The Bertz CT molecular complexity index is 1220. The van der Waals surface area contributed by atoms with Gasteiger partial charge in [-0.3, -0.25) is 24.2 Å². The number of nitrogens with two attached hydrogens (primary N) is 4. The Morgan fingerprint density at radius 3 is 2.28 bits per heavy atom. The van der Waals surface area contributed by atoms with Crippen LogP contribution in [-0.2, 0) is 30.4 Å². The number of aromatic amines is 1. The van der Waals surface area contributed by atoms with Crippen LogP contribution in [-0.4, -0.2) is 76.4 Å². The van der Waals surface area contributed by atoms with Crippen molar-refractivity contribution >= 4 is 46.5 Å². The third kappa shape index (κ3) is 9.62. The van der Waals surface area contributed by atoms with E-state index in [2.05, 4.69) is 25.9 Å². The molecule has 0 spiro atoms. The third-order valence-corrected chi connectivity index (χ3v) is 5.81. The molecule has 0 aliphatic heterocycles. The molecule has 0 fully saturated rings. The number of aromatic nitrogens is 1. The molecule has 4 unspecified atom stereocenters. The third-order valence-electron chi connectivity index (χ3n) is 5.81. The summed E-state index contributed by atoms with van der Waals surface area (Å²) in [5, 5.41) is 17.6. The quantitative estimate of drug-likeness (QED) is 0.0650. The maximum atomic E-state index is 12.8. The minimum absolute atomic E-state index is 0.00676. The van der Waals surface area contributed by atoms with E-state index in [4.69, 9.17) is 22.9 Å². The highest BCUT2D eigenvalue weighted by Gasteiger charge is 2.29. The van der Waals surface area contributed by atoms with E-state index >= 15 is 0 Å². The zero-order valence-corrected chi connectivity index (χ0v) is 21.5. The lowest BCUT2D eigenvalue weighted by Gasteiger charge is -2.23. The van der Waals surface area contributed by atoms with E-state index in [0.29, 0.717) is 12.0 Å². The minimum atomic E-state index is -1.41. The van der Waals surface area contributed by atoms with Crippen LogP contribution < -0.4 is 38.9 Å². The van der Waals surface area contributed by atoms with Crippen LogP contribution in [0, 0.1) is 0 Å². The number of aliphatic imine (C=N–C) groups is 1. The number of nitrogens with zero attached hydrogens (tertiary/aromatic N) is 1. The first-order chi connectivity index (χ1) is 18.4. The van der Waals surface area contributed by atoms with E-state index in [-0.39, 0.29) is 25.3 Å². The molecular weight excluding hydrogens is 510 g/mol. The summed E-state index contributed by atoms with van der Waals surface area (Å²) < 4.78 is 0. The van der Waals surface area contributed by atoms with Crippen molar-refractivity contribution < 1.29 is 29.1 Å². The van der Waals surface area contributed by atoms with Gasteiger partial charge >= 0.3 is 5.97 Å². The molecule has 2 aromatic rings. The van der Waals surface area contributed by atoms with Crippen LogP contribution in [0.25, 0.3) is 10.9 Å². The van der Waals surface area contributed by atoms with E-state index in [9.17, 15) is 29.1 Å². The average molecular weight is 546 g/mol. The molecule has 0 saturated heterocycles. The first kappa shape index (κ1) is 30.6. The van der Waals surface area contributed by atoms with Crippen molar-refractivity contribution in [3.05, 3.63) is 36.0 Å². The molecule has 0 saturated carbocycles. The highest BCUT2D eigenvalue weighted by atomic mass is 16.4. The maximum absolute atomic E-state index is 12.8. The molecule has 1 aromatic carbocycles. The zero-order chi connectivity index (χ0) is 29.1. The predicted molar refractivity (Wildman–Crippen MR) is 143 cm³/mol. The first-order valence-electron chi connectivity index (χ1n) is 12.2. The van der Waals surface area contributed by atoms with Gasteiger partial charge in [-0.05, 0) is 31.4 Å². The smallest absolute Gasteiger partial charge is 0.326 e. The Hall–Kier alpha value is -4.66. The lowest BCUT2D eigenvalue weighted by molar-refractivity contribution is -0.142. The molecule has 13 N–H and O–H groups in total. The number of amides is 4. The summed E-state index contributed by atoms with van der Waals surface area (Å²) >= 11 is 0. The second-order valence-corrected chi connectivity index (χ2v) is 8.98. The standard InChI is InChI=1S/C24H35N9O6/c1-12(20(35)33-18(23(38)39)9-13-11-30-16-7-3-2-5-14(13)16)31-22(37)17(10-19(26)34)32-21(36)15(25)6-4-8-29-24(27)28/h2-3,5,7,11-12,15,17-18,30H,4,6,8-10,25H2,1H3,(H2,26,34)(H,31,37)(H,32,36)(H,33,35)(H,38,39)(H4,27,28,29). The molecule has 2 rings (SSSR count). The van der Waals surface area contributed by atoms with Crippen LogP contribution >= 0.6 is 0 Å². The van der Waals surface area contributed by atoms with Gasteiger partial charge in [-0.1, -0.05) is 18.2 Å². The summed E-state index contributed by atoms with van der Waals surface area (Å²) in [5.41, 5.74) is 23.0. The number of benzene rings is 1. The number of hydrogen-bond acceptors (Lipinski definition) is 7. The number of guanidine groups is 1. The second kappa shape index (κ2) is 14.3. The van der Waals surface area contributed by atoms with Crippen molar-refractivity contribution in [1.82, 2.24) is 20.9 Å². The molecular formula is C24H35N9O6. The van der Waals surface area contributed by atoms with Gasteiger partial charge in [-0.25, -0.2) is 4.79 Å². The number of nitrogens with one attached hydrogen (secondary N) is 4. The van der Waals surface area contributed by atoms with Gasteiger partial charge in [-0.15, -0.1) is 0 Å². The van der Waals surface area contributed by atoms with Gasteiger partial charge in [0.1, 0.15) is 18.1 Å². The molecule has 4 atom stereocenters. The largest absolute Gasteiger partial charge is 0.480 e. The summed E-state index contributed by atoms with van der Waals surface area (Å²) in [6.45, 7) is 1.58. The minimum Gasteiger partial charge on any atom is -0.480 e. The lowest BCUT2D eigenvalue weighted by atomic mass is 10.0. The fourth-order valence-electron chi connectivity index (χ4n) is 3.74. The fourth-order valence-corrected chi connectivity index (χ4v) is 3.74. The van der Waals surface area contributed by atoms with Gasteiger partial charge in [0.05, 0.1) is 12.5 Å². The highest BCUT2D eigenvalue weighted by Crippen LogP contribution is 2.19. The molecule has 1 heterocycles. The normalized spacial score (nSPS) is 13.9. The summed E-state index contributed by atoms with van der Waals surface area (Å²) in [6, 6.07) is 2.39. The first-order valence-corrected chi connectivity index (χ1v) is 12.2. The van der Waals surface area contributed by atoms with Gasteiger partial charge in [0.25, 0.3) is 0 Å². The van der Waals surface area contributed by atoms with Crippen molar-refractivity contribution in [2.45, 2.75) is 56.8 Å². The van der Waals surface area contributed by atoms with E-state index in [1.807, 2.05) is 24.3 Å². The number of hydrogen-bond donors (Lipinski definition) is 9. The Balaban J connectivity index is 1.99. The molecule has 0 radical (unpaired) electrons. The van der Waals surface area contributed by atoms with Crippen LogP contribution in [0.3, 0.4) is 0 Å². The Labute approximate surface area is 224 Å². The predicted octanol–water partition coefficient (Wildman–Crippen LogP) is -2.47. The van der Waals surface area contributed by atoms with Gasteiger partial charge in [-0.2, -0.15) is 0 Å². The summed E-state index contributed by atoms with van der Waals surface area (Å²) in [5.74, 6) is -4.62. The molecule has 39 heavy (non-hydrogen) atoms. The van der Waals surface area contributed by atoms with Crippen molar-refractivity contribution in [3.8, 4) is 0 Å². The molecule has 1 aromatic heterocycles. The molecule has 0 aliphatic rings. The number of H-pyrrole nitrogens is 1. The lowest BCUT2D eigenvalue weighted by Crippen LogP contribution is -2.57. The van der Waals surface area contributed by atoms with Crippen LogP contribution in [0.5, 0.6) is 0 Å². The highest BCUT2D eigenvalue weighted by molar-refractivity contribution is 5.96. The molecule has 212 valence electrons. The Morgan fingerprint density at radius 2 is 1.64 bits per heavy atom. The topological polar surface area (TPSA) is 274 Å². The second-order valence-electron chi connectivity index (χ2n) is 8.98. The number of primary amides is 1. The van der Waals surface area contributed by atoms with Gasteiger partial charge < -0.3 is 49.0 Å². The van der Waals surface area contributed by atoms with Crippen molar-refractivity contribution in [2.24, 2.45) is 27.9 Å². The Morgan fingerprint density at radius 1 is 0.974 bits per heavy atom. The SMILES string of the molecule is CC(NC(=O)C(CC(N)=O)NC(=O)C(N)CCCN=C(N)N)C(=O)NC(Cc1c[nH]c2ccccc12)C(=O)O. The van der Waals surface area contributed by atoms with Crippen molar-refractivity contribution in [2.75, 3.05) is 6.54 Å². The molecule has 4 amide bonds. The van der Waals surface area contributed by atoms with Crippen LogP contribution in [0.15, 0.2) is 35.5 Å². The number of rotatable bonds is 15. The van der Waals surface area contributed by atoms with E-state index in [1.54, 1.807) is 6.20 Å². The summed E-state index contributed by atoms with van der Waals surface area (Å²) in [7, 11) is 0. The van der Waals surface area contributed by atoms with Crippen LogP contribution in [0.4, 0.5) is 0 Å².